The minimum absolute atomic E-state index is 0.325. The standard InChI is InChI=1S/C16H27NO/c1-13(2)17-12-14-8-6-7-9-15(14)18-11-10-16(3,4)5/h6-9,13,17H,10-12H2,1-5H3. The number of rotatable bonds is 6. The summed E-state index contributed by atoms with van der Waals surface area (Å²) in [6.07, 6.45) is 1.07. The molecule has 0 unspecified atom stereocenters. The SMILES string of the molecule is CC(C)NCc1ccccc1OCCC(C)(C)C. The lowest BCUT2D eigenvalue weighted by molar-refractivity contribution is 0.241. The van der Waals surface area contributed by atoms with E-state index in [2.05, 4.69) is 58.1 Å². The van der Waals surface area contributed by atoms with Gasteiger partial charge in [-0.2, -0.15) is 0 Å². The van der Waals surface area contributed by atoms with E-state index < -0.39 is 0 Å². The lowest BCUT2D eigenvalue weighted by Crippen LogP contribution is -2.22. The van der Waals surface area contributed by atoms with Crippen LogP contribution in [0, 0.1) is 5.41 Å². The van der Waals surface area contributed by atoms with Crippen LogP contribution in [0.1, 0.15) is 46.6 Å². The van der Waals surface area contributed by atoms with E-state index in [4.69, 9.17) is 4.74 Å². The first-order valence-electron chi connectivity index (χ1n) is 6.82. The second kappa shape index (κ2) is 6.79. The normalized spacial score (nSPS) is 11.9. The van der Waals surface area contributed by atoms with Crippen molar-refractivity contribution in [2.75, 3.05) is 6.61 Å². The van der Waals surface area contributed by atoms with Gasteiger partial charge in [-0.1, -0.05) is 52.8 Å². The Kier molecular flexibility index (Phi) is 5.67. The van der Waals surface area contributed by atoms with Gasteiger partial charge in [-0.25, -0.2) is 0 Å². The van der Waals surface area contributed by atoms with Gasteiger partial charge in [0.2, 0.25) is 0 Å². The van der Waals surface area contributed by atoms with Crippen molar-refractivity contribution in [2.45, 2.75) is 53.6 Å². The molecule has 0 amide bonds. The van der Waals surface area contributed by atoms with Gasteiger partial charge in [0.15, 0.2) is 0 Å². The van der Waals surface area contributed by atoms with E-state index in [0.29, 0.717) is 11.5 Å². The molecule has 0 aliphatic carbocycles. The van der Waals surface area contributed by atoms with Gasteiger partial charge in [-0.05, 0) is 17.9 Å². The first-order valence-corrected chi connectivity index (χ1v) is 6.82. The summed E-state index contributed by atoms with van der Waals surface area (Å²) in [4.78, 5) is 0. The highest BCUT2D eigenvalue weighted by atomic mass is 16.5. The third kappa shape index (κ3) is 6.06. The molecule has 1 N–H and O–H groups in total. The summed E-state index contributed by atoms with van der Waals surface area (Å²) in [6.45, 7) is 12.7. The molecule has 0 aliphatic rings. The number of benzene rings is 1. The molecular weight excluding hydrogens is 222 g/mol. The zero-order valence-electron chi connectivity index (χ0n) is 12.4. The number of hydrogen-bond acceptors (Lipinski definition) is 2. The van der Waals surface area contributed by atoms with Crippen LogP contribution < -0.4 is 10.1 Å². The van der Waals surface area contributed by atoms with Crippen molar-refractivity contribution in [1.82, 2.24) is 5.32 Å². The van der Waals surface area contributed by atoms with E-state index in [1.54, 1.807) is 0 Å². The summed E-state index contributed by atoms with van der Waals surface area (Å²) in [6, 6.07) is 8.77. The number of ether oxygens (including phenoxy) is 1. The van der Waals surface area contributed by atoms with Crippen LogP contribution in [0.4, 0.5) is 0 Å². The van der Waals surface area contributed by atoms with Crippen molar-refractivity contribution in [3.8, 4) is 5.75 Å². The van der Waals surface area contributed by atoms with Gasteiger partial charge in [0.25, 0.3) is 0 Å². The fourth-order valence-corrected chi connectivity index (χ4v) is 1.57. The van der Waals surface area contributed by atoms with Gasteiger partial charge in [-0.3, -0.25) is 0 Å². The third-order valence-corrected chi connectivity index (χ3v) is 2.78. The van der Waals surface area contributed by atoms with Crippen LogP contribution in [0.5, 0.6) is 5.75 Å². The van der Waals surface area contributed by atoms with Gasteiger partial charge in [-0.15, -0.1) is 0 Å². The zero-order valence-corrected chi connectivity index (χ0v) is 12.4. The Bertz CT molecular complexity index is 352. The molecule has 18 heavy (non-hydrogen) atoms. The summed E-state index contributed by atoms with van der Waals surface area (Å²) >= 11 is 0. The van der Waals surface area contributed by atoms with Crippen molar-refractivity contribution in [1.29, 1.82) is 0 Å². The van der Waals surface area contributed by atoms with Crippen molar-refractivity contribution in [3.63, 3.8) is 0 Å². The highest BCUT2D eigenvalue weighted by Gasteiger charge is 2.11. The lowest BCUT2D eigenvalue weighted by atomic mass is 9.93. The quantitative estimate of drug-likeness (QED) is 0.823. The highest BCUT2D eigenvalue weighted by molar-refractivity contribution is 5.33. The predicted molar refractivity (Wildman–Crippen MR) is 78.0 cm³/mol. The molecule has 0 radical (unpaired) electrons. The Labute approximate surface area is 112 Å². The molecular formula is C16H27NO. The third-order valence-electron chi connectivity index (χ3n) is 2.78. The fraction of sp³-hybridized carbons (Fsp3) is 0.625. The van der Waals surface area contributed by atoms with Gasteiger partial charge in [0, 0.05) is 18.2 Å². The molecule has 0 saturated carbocycles. The van der Waals surface area contributed by atoms with Gasteiger partial charge in [0.05, 0.1) is 6.61 Å². The number of nitrogens with one attached hydrogen (secondary N) is 1. The average molecular weight is 249 g/mol. The molecule has 0 spiro atoms. The molecule has 2 heteroatoms. The Morgan fingerprint density at radius 1 is 1.17 bits per heavy atom. The molecule has 2 nitrogen and oxygen atoms in total. The molecule has 0 atom stereocenters. The summed E-state index contributed by atoms with van der Waals surface area (Å²) in [5.74, 6) is 1.01. The molecule has 0 bridgehead atoms. The van der Waals surface area contributed by atoms with Crippen LogP contribution in [0.2, 0.25) is 0 Å². The first-order chi connectivity index (χ1) is 8.38. The smallest absolute Gasteiger partial charge is 0.123 e. The molecule has 1 aromatic carbocycles. The van der Waals surface area contributed by atoms with Crippen LogP contribution in [0.3, 0.4) is 0 Å². The summed E-state index contributed by atoms with van der Waals surface area (Å²) in [5, 5.41) is 3.43. The minimum Gasteiger partial charge on any atom is -0.493 e. The number of hydrogen-bond donors (Lipinski definition) is 1. The predicted octanol–water partition coefficient (Wildman–Crippen LogP) is 4.00. The first kappa shape index (κ1) is 15.0. The molecule has 1 aromatic rings. The van der Waals surface area contributed by atoms with E-state index in [0.717, 1.165) is 25.3 Å². The Balaban J connectivity index is 2.53. The Hall–Kier alpha value is -1.02. The molecule has 0 fully saturated rings. The summed E-state index contributed by atoms with van der Waals surface area (Å²) in [5.41, 5.74) is 1.56. The average Bonchev–Trinajstić information content (AvgIpc) is 2.26. The van der Waals surface area contributed by atoms with Crippen molar-refractivity contribution >= 4 is 0 Å². The van der Waals surface area contributed by atoms with E-state index >= 15 is 0 Å². The van der Waals surface area contributed by atoms with E-state index in [1.165, 1.54) is 5.56 Å². The lowest BCUT2D eigenvalue weighted by Gasteiger charge is -2.19. The Morgan fingerprint density at radius 2 is 1.83 bits per heavy atom. The molecule has 1 rings (SSSR count). The van der Waals surface area contributed by atoms with Gasteiger partial charge >= 0.3 is 0 Å². The molecule has 0 aliphatic heterocycles. The largest absolute Gasteiger partial charge is 0.493 e. The van der Waals surface area contributed by atoms with Crippen LogP contribution in [0.15, 0.2) is 24.3 Å². The topological polar surface area (TPSA) is 21.3 Å². The van der Waals surface area contributed by atoms with Crippen LogP contribution in [-0.4, -0.2) is 12.6 Å². The maximum absolute atomic E-state index is 5.91. The monoisotopic (exact) mass is 249 g/mol. The van der Waals surface area contributed by atoms with Crippen LogP contribution in [0.25, 0.3) is 0 Å². The fourth-order valence-electron chi connectivity index (χ4n) is 1.57. The zero-order chi connectivity index (χ0) is 13.6. The summed E-state index contributed by atoms with van der Waals surface area (Å²) < 4.78 is 5.91. The van der Waals surface area contributed by atoms with Gasteiger partial charge < -0.3 is 10.1 Å². The second-order valence-corrected chi connectivity index (χ2v) is 6.30. The minimum atomic E-state index is 0.325. The van der Waals surface area contributed by atoms with E-state index in [1.807, 2.05) is 6.07 Å². The van der Waals surface area contributed by atoms with E-state index in [9.17, 15) is 0 Å². The van der Waals surface area contributed by atoms with Crippen molar-refractivity contribution < 1.29 is 4.74 Å². The van der Waals surface area contributed by atoms with Crippen LogP contribution >= 0.6 is 0 Å². The summed E-state index contributed by atoms with van der Waals surface area (Å²) in [7, 11) is 0. The van der Waals surface area contributed by atoms with Crippen LogP contribution in [-0.2, 0) is 6.54 Å². The second-order valence-electron chi connectivity index (χ2n) is 6.30. The Morgan fingerprint density at radius 3 is 2.44 bits per heavy atom. The molecule has 0 heterocycles. The highest BCUT2D eigenvalue weighted by Crippen LogP contribution is 2.22. The maximum atomic E-state index is 5.91. The van der Waals surface area contributed by atoms with Crippen molar-refractivity contribution in [2.24, 2.45) is 5.41 Å². The van der Waals surface area contributed by atoms with E-state index in [-0.39, 0.29) is 0 Å². The van der Waals surface area contributed by atoms with Gasteiger partial charge in [0.1, 0.15) is 5.75 Å². The molecule has 0 saturated heterocycles. The maximum Gasteiger partial charge on any atom is 0.123 e. The molecule has 0 aromatic heterocycles. The molecule has 102 valence electrons. The number of para-hydroxylation sites is 1. The van der Waals surface area contributed by atoms with Crippen molar-refractivity contribution in [3.05, 3.63) is 29.8 Å².